The van der Waals surface area contributed by atoms with Crippen molar-refractivity contribution in [3.63, 3.8) is 0 Å². The van der Waals surface area contributed by atoms with Crippen LogP contribution in [0.15, 0.2) is 29.0 Å². The van der Waals surface area contributed by atoms with E-state index in [1.165, 1.54) is 32.3 Å². The monoisotopic (exact) mass is 314 g/mol. The summed E-state index contributed by atoms with van der Waals surface area (Å²) < 4.78 is 5.29. The standard InChI is InChI=1S/C17H22N4O2/c1-2-21(14-10-20-8-6-12(14)7-9-20)19-17(22)13-4-3-5-15-16(13)18-11-23-15/h3-5,11-12,14H,2,6-10H2,1H3,(H,19,22). The first kappa shape index (κ1) is 14.7. The van der Waals surface area contributed by atoms with E-state index >= 15 is 0 Å². The third-order valence-electron chi connectivity index (χ3n) is 5.21. The third kappa shape index (κ3) is 2.62. The van der Waals surface area contributed by atoms with Gasteiger partial charge in [-0.15, -0.1) is 0 Å². The molecule has 1 unspecified atom stereocenters. The number of likely N-dealkylation sites (N-methyl/N-ethyl adjacent to an activating group) is 1. The highest BCUT2D eigenvalue weighted by atomic mass is 16.3. The molecule has 122 valence electrons. The number of oxazole rings is 1. The molecule has 6 nitrogen and oxygen atoms in total. The molecule has 1 N–H and O–H groups in total. The van der Waals surface area contributed by atoms with Crippen molar-refractivity contribution in [3.05, 3.63) is 30.2 Å². The Bertz CT molecular complexity index is 705. The van der Waals surface area contributed by atoms with Gasteiger partial charge >= 0.3 is 0 Å². The van der Waals surface area contributed by atoms with Gasteiger partial charge in [-0.1, -0.05) is 13.0 Å². The second kappa shape index (κ2) is 5.94. The fourth-order valence-corrected chi connectivity index (χ4v) is 3.94. The van der Waals surface area contributed by atoms with Crippen molar-refractivity contribution in [1.82, 2.24) is 20.3 Å². The fraction of sp³-hybridized carbons (Fsp3) is 0.529. The van der Waals surface area contributed by atoms with Crippen LogP contribution in [0.2, 0.25) is 0 Å². The van der Waals surface area contributed by atoms with E-state index in [2.05, 4.69) is 27.2 Å². The van der Waals surface area contributed by atoms with Gasteiger partial charge in [0, 0.05) is 19.1 Å². The average Bonchev–Trinajstić information content (AvgIpc) is 3.09. The summed E-state index contributed by atoms with van der Waals surface area (Å²) in [4.78, 5) is 19.4. The van der Waals surface area contributed by atoms with Crippen LogP contribution in [0.3, 0.4) is 0 Å². The topological polar surface area (TPSA) is 61.6 Å². The van der Waals surface area contributed by atoms with Crippen molar-refractivity contribution < 1.29 is 9.21 Å². The predicted molar refractivity (Wildman–Crippen MR) is 86.8 cm³/mol. The van der Waals surface area contributed by atoms with Gasteiger partial charge in [-0.2, -0.15) is 0 Å². The summed E-state index contributed by atoms with van der Waals surface area (Å²) >= 11 is 0. The number of rotatable bonds is 4. The van der Waals surface area contributed by atoms with Crippen LogP contribution in [0.5, 0.6) is 0 Å². The SMILES string of the molecule is CCN(NC(=O)c1cccc2ocnc12)C1CN2CCC1CC2. The summed E-state index contributed by atoms with van der Waals surface area (Å²) in [6, 6.07) is 5.85. The number of carbonyl (C=O) groups is 1. The highest BCUT2D eigenvalue weighted by molar-refractivity contribution is 6.04. The van der Waals surface area contributed by atoms with Gasteiger partial charge in [0.25, 0.3) is 5.91 Å². The van der Waals surface area contributed by atoms with Crippen LogP contribution < -0.4 is 5.43 Å². The first-order chi connectivity index (χ1) is 11.3. The van der Waals surface area contributed by atoms with Gasteiger partial charge < -0.3 is 9.32 Å². The number of aromatic nitrogens is 1. The molecule has 3 saturated heterocycles. The maximum Gasteiger partial charge on any atom is 0.267 e. The van der Waals surface area contributed by atoms with Crippen LogP contribution in [-0.2, 0) is 0 Å². The number of para-hydroxylation sites is 1. The number of amides is 1. The molecule has 0 aliphatic carbocycles. The van der Waals surface area contributed by atoms with Crippen LogP contribution in [0.1, 0.15) is 30.1 Å². The van der Waals surface area contributed by atoms with E-state index in [9.17, 15) is 4.79 Å². The number of hydrogen-bond acceptors (Lipinski definition) is 5. The Hall–Kier alpha value is -1.92. The van der Waals surface area contributed by atoms with Gasteiger partial charge in [-0.3, -0.25) is 10.2 Å². The molecule has 1 amide bonds. The number of hydrogen-bond donors (Lipinski definition) is 1. The summed E-state index contributed by atoms with van der Waals surface area (Å²) in [5, 5.41) is 2.11. The van der Waals surface area contributed by atoms with Crippen LogP contribution in [0.25, 0.3) is 11.1 Å². The number of carbonyl (C=O) groups excluding carboxylic acids is 1. The molecule has 3 aliphatic heterocycles. The molecule has 5 rings (SSSR count). The largest absolute Gasteiger partial charge is 0.443 e. The molecular weight excluding hydrogens is 292 g/mol. The van der Waals surface area contributed by atoms with E-state index in [-0.39, 0.29) is 5.91 Å². The quantitative estimate of drug-likeness (QED) is 0.873. The summed E-state index contributed by atoms with van der Waals surface area (Å²) in [6.45, 7) is 6.34. The van der Waals surface area contributed by atoms with Gasteiger partial charge in [-0.05, 0) is 44.0 Å². The van der Waals surface area contributed by atoms with Crippen molar-refractivity contribution in [2.75, 3.05) is 26.2 Å². The highest BCUT2D eigenvalue weighted by Crippen LogP contribution is 2.30. The maximum atomic E-state index is 12.7. The van der Waals surface area contributed by atoms with Crippen molar-refractivity contribution in [3.8, 4) is 0 Å². The fourth-order valence-electron chi connectivity index (χ4n) is 3.94. The molecular formula is C17H22N4O2. The number of benzene rings is 1. The lowest BCUT2D eigenvalue weighted by molar-refractivity contribution is -0.0138. The highest BCUT2D eigenvalue weighted by Gasteiger charge is 2.37. The minimum absolute atomic E-state index is 0.109. The lowest BCUT2D eigenvalue weighted by Crippen LogP contribution is -2.61. The summed E-state index contributed by atoms with van der Waals surface area (Å²) in [5.41, 5.74) is 4.93. The van der Waals surface area contributed by atoms with Gasteiger partial charge in [0.2, 0.25) is 0 Å². The molecule has 1 aromatic carbocycles. The minimum Gasteiger partial charge on any atom is -0.443 e. The number of fused-ring (bicyclic) bond motifs is 4. The average molecular weight is 314 g/mol. The van der Waals surface area contributed by atoms with Crippen LogP contribution in [0.4, 0.5) is 0 Å². The van der Waals surface area contributed by atoms with E-state index in [1.807, 2.05) is 12.1 Å². The zero-order valence-corrected chi connectivity index (χ0v) is 13.4. The van der Waals surface area contributed by atoms with E-state index in [0.29, 0.717) is 28.6 Å². The Morgan fingerprint density at radius 3 is 2.96 bits per heavy atom. The Morgan fingerprint density at radius 2 is 2.26 bits per heavy atom. The van der Waals surface area contributed by atoms with Crippen LogP contribution in [0, 0.1) is 5.92 Å². The lowest BCUT2D eigenvalue weighted by Gasteiger charge is -2.48. The molecule has 3 fully saturated rings. The summed E-state index contributed by atoms with van der Waals surface area (Å²) in [7, 11) is 0. The van der Waals surface area contributed by atoms with Gasteiger partial charge in [0.1, 0.15) is 5.52 Å². The van der Waals surface area contributed by atoms with Gasteiger partial charge in [0.15, 0.2) is 12.0 Å². The number of nitrogens with zero attached hydrogens (tertiary/aromatic N) is 3. The van der Waals surface area contributed by atoms with Crippen LogP contribution >= 0.6 is 0 Å². The Labute approximate surface area is 135 Å². The maximum absolute atomic E-state index is 12.7. The Balaban J connectivity index is 1.53. The van der Waals surface area contributed by atoms with Crippen molar-refractivity contribution >= 4 is 17.0 Å². The van der Waals surface area contributed by atoms with Gasteiger partial charge in [0.05, 0.1) is 5.56 Å². The zero-order chi connectivity index (χ0) is 15.8. The second-order valence-corrected chi connectivity index (χ2v) is 6.44. The van der Waals surface area contributed by atoms with E-state index < -0.39 is 0 Å². The van der Waals surface area contributed by atoms with Crippen molar-refractivity contribution in [2.24, 2.45) is 5.92 Å². The Kier molecular flexibility index (Phi) is 3.79. The van der Waals surface area contributed by atoms with Crippen LogP contribution in [-0.4, -0.2) is 53.0 Å². The smallest absolute Gasteiger partial charge is 0.267 e. The summed E-state index contributed by atoms with van der Waals surface area (Å²) in [5.74, 6) is 0.575. The first-order valence-corrected chi connectivity index (χ1v) is 8.38. The van der Waals surface area contributed by atoms with E-state index in [1.54, 1.807) is 6.07 Å². The van der Waals surface area contributed by atoms with E-state index in [4.69, 9.17) is 4.42 Å². The van der Waals surface area contributed by atoms with Crippen molar-refractivity contribution in [1.29, 1.82) is 0 Å². The third-order valence-corrected chi connectivity index (χ3v) is 5.21. The number of hydrazine groups is 1. The first-order valence-electron chi connectivity index (χ1n) is 8.38. The zero-order valence-electron chi connectivity index (χ0n) is 13.4. The number of nitrogens with one attached hydrogen (secondary N) is 1. The predicted octanol–water partition coefficient (Wildman–Crippen LogP) is 1.89. The molecule has 2 bridgehead atoms. The second-order valence-electron chi connectivity index (χ2n) is 6.44. The van der Waals surface area contributed by atoms with Crippen molar-refractivity contribution in [2.45, 2.75) is 25.8 Å². The molecule has 2 aromatic rings. The Morgan fingerprint density at radius 1 is 1.43 bits per heavy atom. The molecule has 3 aliphatic rings. The molecule has 4 heterocycles. The van der Waals surface area contributed by atoms with E-state index in [0.717, 1.165) is 13.1 Å². The molecule has 0 spiro atoms. The normalized spacial score (nSPS) is 26.8. The molecule has 1 aromatic heterocycles. The number of piperidine rings is 3. The molecule has 6 heteroatoms. The molecule has 0 saturated carbocycles. The molecule has 0 radical (unpaired) electrons. The summed E-state index contributed by atoms with van der Waals surface area (Å²) in [6.07, 6.45) is 3.85. The van der Waals surface area contributed by atoms with Gasteiger partial charge in [-0.25, -0.2) is 9.99 Å². The minimum atomic E-state index is -0.109. The molecule has 23 heavy (non-hydrogen) atoms. The molecule has 1 atom stereocenters. The lowest BCUT2D eigenvalue weighted by atomic mass is 9.83.